The van der Waals surface area contributed by atoms with Crippen LogP contribution in [0.4, 0.5) is 0 Å². The Hall–Kier alpha value is -1.97. The van der Waals surface area contributed by atoms with Gasteiger partial charge in [-0.3, -0.25) is 15.0 Å². The number of aromatic nitrogens is 2. The van der Waals surface area contributed by atoms with Crippen molar-refractivity contribution in [2.24, 2.45) is 0 Å². The first kappa shape index (κ1) is 9.58. The molecular formula is C11H12N2O2. The van der Waals surface area contributed by atoms with Crippen LogP contribution in [0.5, 0.6) is 5.75 Å². The SMILES string of the molecule is COc1ccc(C)cc1-c1cc(=O)[nH][nH]1. The second-order valence-electron chi connectivity index (χ2n) is 3.38. The highest BCUT2D eigenvalue weighted by Crippen LogP contribution is 2.28. The van der Waals surface area contributed by atoms with Gasteiger partial charge in [-0.25, -0.2) is 0 Å². The monoisotopic (exact) mass is 204 g/mol. The van der Waals surface area contributed by atoms with E-state index in [2.05, 4.69) is 10.2 Å². The van der Waals surface area contributed by atoms with Gasteiger partial charge in [0.25, 0.3) is 5.56 Å². The van der Waals surface area contributed by atoms with Crippen LogP contribution in [0.2, 0.25) is 0 Å². The number of H-pyrrole nitrogens is 2. The smallest absolute Gasteiger partial charge is 0.264 e. The summed E-state index contributed by atoms with van der Waals surface area (Å²) in [5, 5.41) is 5.31. The molecule has 0 amide bonds. The molecule has 4 nitrogen and oxygen atoms in total. The maximum absolute atomic E-state index is 11.0. The third kappa shape index (κ3) is 1.79. The van der Waals surface area contributed by atoms with Crippen molar-refractivity contribution in [3.8, 4) is 17.0 Å². The van der Waals surface area contributed by atoms with E-state index >= 15 is 0 Å². The summed E-state index contributed by atoms with van der Waals surface area (Å²) in [5.41, 5.74) is 2.60. The molecule has 2 N–H and O–H groups in total. The molecule has 0 saturated heterocycles. The zero-order valence-electron chi connectivity index (χ0n) is 8.63. The Kier molecular flexibility index (Phi) is 2.33. The number of aryl methyl sites for hydroxylation is 1. The zero-order chi connectivity index (χ0) is 10.8. The van der Waals surface area contributed by atoms with Gasteiger partial charge in [0.1, 0.15) is 5.75 Å². The van der Waals surface area contributed by atoms with Crippen molar-refractivity contribution >= 4 is 0 Å². The standard InChI is InChI=1S/C11H12N2O2/c1-7-3-4-10(15-2)8(5-7)9-6-11(14)13-12-9/h3-6H,1-2H3,(H2,12,13,14). The van der Waals surface area contributed by atoms with Crippen molar-refractivity contribution < 1.29 is 4.74 Å². The molecule has 0 aliphatic rings. The van der Waals surface area contributed by atoms with E-state index in [0.29, 0.717) is 0 Å². The topological polar surface area (TPSA) is 57.9 Å². The van der Waals surface area contributed by atoms with Crippen LogP contribution in [-0.4, -0.2) is 17.3 Å². The van der Waals surface area contributed by atoms with Gasteiger partial charge in [-0.2, -0.15) is 0 Å². The molecule has 0 spiro atoms. The van der Waals surface area contributed by atoms with Gasteiger partial charge in [0, 0.05) is 11.6 Å². The average molecular weight is 204 g/mol. The van der Waals surface area contributed by atoms with Gasteiger partial charge in [-0.1, -0.05) is 11.6 Å². The van der Waals surface area contributed by atoms with Gasteiger partial charge in [0.05, 0.1) is 12.8 Å². The quantitative estimate of drug-likeness (QED) is 0.782. The first-order chi connectivity index (χ1) is 7.20. The molecule has 0 aliphatic heterocycles. The summed E-state index contributed by atoms with van der Waals surface area (Å²) in [7, 11) is 1.61. The Morgan fingerprint density at radius 1 is 1.20 bits per heavy atom. The second-order valence-corrected chi connectivity index (χ2v) is 3.38. The largest absolute Gasteiger partial charge is 0.496 e. The van der Waals surface area contributed by atoms with E-state index in [4.69, 9.17) is 4.74 Å². The fourth-order valence-corrected chi connectivity index (χ4v) is 1.51. The second kappa shape index (κ2) is 3.65. The van der Waals surface area contributed by atoms with Crippen LogP contribution in [-0.2, 0) is 0 Å². The molecule has 0 unspecified atom stereocenters. The zero-order valence-corrected chi connectivity index (χ0v) is 8.63. The predicted molar refractivity (Wildman–Crippen MR) is 58.1 cm³/mol. The fraction of sp³-hybridized carbons (Fsp3) is 0.182. The summed E-state index contributed by atoms with van der Waals surface area (Å²) in [4.78, 5) is 11.0. The van der Waals surface area contributed by atoms with E-state index in [1.54, 1.807) is 7.11 Å². The number of methoxy groups -OCH3 is 1. The van der Waals surface area contributed by atoms with Gasteiger partial charge < -0.3 is 4.74 Å². The summed E-state index contributed by atoms with van der Waals surface area (Å²) in [6, 6.07) is 7.33. The molecule has 15 heavy (non-hydrogen) atoms. The minimum absolute atomic E-state index is 0.145. The highest BCUT2D eigenvalue weighted by atomic mass is 16.5. The van der Waals surface area contributed by atoms with Crippen molar-refractivity contribution in [1.82, 2.24) is 10.2 Å². The van der Waals surface area contributed by atoms with Crippen LogP contribution in [0.3, 0.4) is 0 Å². The Morgan fingerprint density at radius 3 is 2.60 bits per heavy atom. The maximum Gasteiger partial charge on any atom is 0.264 e. The molecule has 1 heterocycles. The molecule has 2 aromatic rings. The molecule has 78 valence electrons. The molecule has 0 bridgehead atoms. The molecule has 0 radical (unpaired) electrons. The van der Waals surface area contributed by atoms with Crippen LogP contribution in [0, 0.1) is 6.92 Å². The number of aromatic amines is 2. The summed E-state index contributed by atoms with van der Waals surface area (Å²) >= 11 is 0. The van der Waals surface area contributed by atoms with Gasteiger partial charge in [0.15, 0.2) is 0 Å². The number of hydrogen-bond donors (Lipinski definition) is 2. The lowest BCUT2D eigenvalue weighted by Gasteiger charge is -2.07. The molecule has 4 heteroatoms. The normalized spacial score (nSPS) is 10.3. The summed E-state index contributed by atoms with van der Waals surface area (Å²) in [6.45, 7) is 1.99. The molecule has 2 rings (SSSR count). The Labute approximate surface area is 86.9 Å². The fourth-order valence-electron chi connectivity index (χ4n) is 1.51. The van der Waals surface area contributed by atoms with Crippen LogP contribution < -0.4 is 10.3 Å². The van der Waals surface area contributed by atoms with Crippen molar-refractivity contribution in [3.05, 3.63) is 40.2 Å². The number of ether oxygens (including phenoxy) is 1. The van der Waals surface area contributed by atoms with Gasteiger partial charge in [0.2, 0.25) is 0 Å². The predicted octanol–water partition coefficient (Wildman–Crippen LogP) is 1.69. The number of hydrogen-bond acceptors (Lipinski definition) is 2. The molecule has 0 atom stereocenters. The van der Waals surface area contributed by atoms with E-state index in [0.717, 1.165) is 22.6 Å². The molecule has 0 aliphatic carbocycles. The maximum atomic E-state index is 11.0. The van der Waals surface area contributed by atoms with E-state index in [1.165, 1.54) is 6.07 Å². The van der Waals surface area contributed by atoms with E-state index < -0.39 is 0 Å². The van der Waals surface area contributed by atoms with Gasteiger partial charge >= 0.3 is 0 Å². The lowest BCUT2D eigenvalue weighted by atomic mass is 10.1. The van der Waals surface area contributed by atoms with Gasteiger partial charge in [-0.15, -0.1) is 0 Å². The molecule has 0 fully saturated rings. The molecule has 1 aromatic heterocycles. The Balaban J connectivity index is 2.59. The van der Waals surface area contributed by atoms with Crippen LogP contribution >= 0.6 is 0 Å². The van der Waals surface area contributed by atoms with Crippen molar-refractivity contribution in [3.63, 3.8) is 0 Å². The van der Waals surface area contributed by atoms with Crippen LogP contribution in [0.1, 0.15) is 5.56 Å². The first-order valence-electron chi connectivity index (χ1n) is 4.63. The lowest BCUT2D eigenvalue weighted by molar-refractivity contribution is 0.416. The molecular weight excluding hydrogens is 192 g/mol. The molecule has 0 saturated carbocycles. The third-order valence-corrected chi connectivity index (χ3v) is 2.24. The highest BCUT2D eigenvalue weighted by molar-refractivity contribution is 5.67. The minimum atomic E-state index is -0.145. The van der Waals surface area contributed by atoms with Crippen molar-refractivity contribution in [2.75, 3.05) is 7.11 Å². The third-order valence-electron chi connectivity index (χ3n) is 2.24. The Morgan fingerprint density at radius 2 is 2.00 bits per heavy atom. The molecule has 1 aromatic carbocycles. The van der Waals surface area contributed by atoms with Crippen molar-refractivity contribution in [1.29, 1.82) is 0 Å². The highest BCUT2D eigenvalue weighted by Gasteiger charge is 2.07. The number of nitrogens with one attached hydrogen (secondary N) is 2. The number of benzene rings is 1. The van der Waals surface area contributed by atoms with E-state index in [9.17, 15) is 4.79 Å². The number of rotatable bonds is 2. The van der Waals surface area contributed by atoms with Crippen LogP contribution in [0.15, 0.2) is 29.1 Å². The van der Waals surface area contributed by atoms with E-state index in [-0.39, 0.29) is 5.56 Å². The average Bonchev–Trinajstić information content (AvgIpc) is 2.65. The Bertz CT molecular complexity index is 525. The van der Waals surface area contributed by atoms with Crippen LogP contribution in [0.25, 0.3) is 11.3 Å². The van der Waals surface area contributed by atoms with Crippen molar-refractivity contribution in [2.45, 2.75) is 6.92 Å². The van der Waals surface area contributed by atoms with Gasteiger partial charge in [-0.05, 0) is 19.1 Å². The summed E-state index contributed by atoms with van der Waals surface area (Å²) in [6.07, 6.45) is 0. The minimum Gasteiger partial charge on any atom is -0.496 e. The lowest BCUT2D eigenvalue weighted by Crippen LogP contribution is -1.93. The first-order valence-corrected chi connectivity index (χ1v) is 4.63. The summed E-state index contributed by atoms with van der Waals surface area (Å²) in [5.74, 6) is 0.746. The van der Waals surface area contributed by atoms with E-state index in [1.807, 2.05) is 25.1 Å². The summed E-state index contributed by atoms with van der Waals surface area (Å²) < 4.78 is 5.23.